The van der Waals surface area contributed by atoms with Gasteiger partial charge in [0.1, 0.15) is 12.1 Å². The Morgan fingerprint density at radius 2 is 1.79 bits per heavy atom. The molecule has 0 aliphatic carbocycles. The minimum Gasteiger partial charge on any atom is -0.378 e. The summed E-state index contributed by atoms with van der Waals surface area (Å²) in [5, 5.41) is 1.10. The molecule has 3 amide bonds. The molecule has 0 spiro atoms. The average Bonchev–Trinajstić information content (AvgIpc) is 3.32. The van der Waals surface area contributed by atoms with Gasteiger partial charge >= 0.3 is 6.03 Å². The number of morpholine rings is 1. The molecule has 0 bridgehead atoms. The number of halogens is 1. The van der Waals surface area contributed by atoms with Crippen LogP contribution in [0.1, 0.15) is 36.7 Å². The predicted molar refractivity (Wildman–Crippen MR) is 134 cm³/mol. The lowest BCUT2D eigenvalue weighted by Crippen LogP contribution is -2.44. The van der Waals surface area contributed by atoms with Crippen molar-refractivity contribution in [2.45, 2.75) is 38.4 Å². The van der Waals surface area contributed by atoms with Crippen LogP contribution in [-0.4, -0.2) is 65.1 Å². The zero-order valence-corrected chi connectivity index (χ0v) is 20.8. The highest BCUT2D eigenvalue weighted by Crippen LogP contribution is 2.45. The predicted octanol–water partition coefficient (Wildman–Crippen LogP) is 4.45. The van der Waals surface area contributed by atoms with E-state index in [0.29, 0.717) is 6.42 Å². The summed E-state index contributed by atoms with van der Waals surface area (Å²) < 4.78 is 6.48. The number of urea groups is 1. The molecule has 1 aromatic heterocycles. The molecule has 8 heteroatoms. The Bertz CT molecular complexity index is 1280. The molecule has 0 radical (unpaired) electrons. The van der Waals surface area contributed by atoms with Crippen molar-refractivity contribution in [3.63, 3.8) is 0 Å². The summed E-state index contributed by atoms with van der Waals surface area (Å²) in [6, 6.07) is 13.3. The van der Waals surface area contributed by atoms with Gasteiger partial charge in [-0.2, -0.15) is 0 Å². The minimum absolute atomic E-state index is 0.107. The Hall–Kier alpha value is -2.84. The van der Waals surface area contributed by atoms with Gasteiger partial charge in [-0.1, -0.05) is 28.1 Å². The lowest BCUT2D eigenvalue weighted by molar-refractivity contribution is -0.129. The molecule has 4 heterocycles. The summed E-state index contributed by atoms with van der Waals surface area (Å²) in [5.41, 5.74) is 5.28. The quantitative estimate of drug-likeness (QED) is 0.515. The van der Waals surface area contributed by atoms with Crippen molar-refractivity contribution in [1.29, 1.82) is 0 Å². The van der Waals surface area contributed by atoms with E-state index >= 15 is 0 Å². The first-order valence-electron chi connectivity index (χ1n) is 11.8. The molecule has 0 saturated carbocycles. The van der Waals surface area contributed by atoms with Crippen molar-refractivity contribution in [2.24, 2.45) is 0 Å². The standard InChI is InChI=1S/C26H27BrN4O3/c1-15(2)30-25(32)22-14-20-19-13-17(27)5-8-21(19)28-23(20)24(31(22)26(30)33)16-3-6-18(7-4-16)29-9-11-34-12-10-29/h3-8,13,15,22,24,28H,9-12,14H2,1-2H3. The largest absolute Gasteiger partial charge is 0.378 e. The second-order valence-electron chi connectivity index (χ2n) is 9.51. The molecule has 176 valence electrons. The van der Waals surface area contributed by atoms with Crippen LogP contribution in [0.2, 0.25) is 0 Å². The molecular formula is C26H27BrN4O3. The van der Waals surface area contributed by atoms with Gasteiger partial charge in [0, 0.05) is 52.3 Å². The van der Waals surface area contributed by atoms with Crippen molar-refractivity contribution >= 4 is 44.5 Å². The Labute approximate surface area is 206 Å². The van der Waals surface area contributed by atoms with Crippen molar-refractivity contribution < 1.29 is 14.3 Å². The summed E-state index contributed by atoms with van der Waals surface area (Å²) >= 11 is 3.59. The Morgan fingerprint density at radius 1 is 1.06 bits per heavy atom. The molecule has 2 atom stereocenters. The molecule has 1 N–H and O–H groups in total. The highest BCUT2D eigenvalue weighted by molar-refractivity contribution is 9.10. The highest BCUT2D eigenvalue weighted by atomic mass is 79.9. The highest BCUT2D eigenvalue weighted by Gasteiger charge is 2.53. The first kappa shape index (κ1) is 21.7. The fraction of sp³-hybridized carbons (Fsp3) is 0.385. The summed E-state index contributed by atoms with van der Waals surface area (Å²) in [4.78, 5) is 36.1. The van der Waals surface area contributed by atoms with Gasteiger partial charge in [-0.15, -0.1) is 0 Å². The summed E-state index contributed by atoms with van der Waals surface area (Å²) in [5.74, 6) is -0.107. The van der Waals surface area contributed by atoms with Gasteiger partial charge in [0.15, 0.2) is 0 Å². The van der Waals surface area contributed by atoms with E-state index in [4.69, 9.17) is 4.74 Å². The number of amides is 3. The van der Waals surface area contributed by atoms with Crippen LogP contribution < -0.4 is 4.90 Å². The Balaban J connectivity index is 1.48. The second-order valence-corrected chi connectivity index (χ2v) is 10.4. The number of nitrogens with one attached hydrogen (secondary N) is 1. The number of anilines is 1. The number of imide groups is 1. The van der Waals surface area contributed by atoms with Crippen LogP contribution in [0, 0.1) is 0 Å². The normalized spacial score (nSPS) is 22.6. The topological polar surface area (TPSA) is 68.9 Å². The summed E-state index contributed by atoms with van der Waals surface area (Å²) in [7, 11) is 0. The maximum Gasteiger partial charge on any atom is 0.328 e. The van der Waals surface area contributed by atoms with Crippen LogP contribution in [0.4, 0.5) is 10.5 Å². The van der Waals surface area contributed by atoms with Crippen LogP contribution >= 0.6 is 15.9 Å². The van der Waals surface area contributed by atoms with Crippen molar-refractivity contribution in [2.75, 3.05) is 31.2 Å². The Morgan fingerprint density at radius 3 is 2.50 bits per heavy atom. The van der Waals surface area contributed by atoms with Gasteiger partial charge in [-0.3, -0.25) is 14.6 Å². The number of carbonyl (C=O) groups is 2. The minimum atomic E-state index is -0.496. The average molecular weight is 523 g/mol. The number of nitrogens with zero attached hydrogens (tertiary/aromatic N) is 3. The van der Waals surface area contributed by atoms with Crippen LogP contribution in [-0.2, 0) is 16.0 Å². The van der Waals surface area contributed by atoms with Crippen molar-refractivity contribution in [3.05, 3.63) is 63.8 Å². The summed E-state index contributed by atoms with van der Waals surface area (Å²) in [6.45, 7) is 6.99. The molecule has 3 aliphatic rings. The van der Waals surface area contributed by atoms with Gasteiger partial charge in [0.05, 0.1) is 13.2 Å². The van der Waals surface area contributed by atoms with Crippen molar-refractivity contribution in [1.82, 2.24) is 14.8 Å². The molecule has 2 unspecified atom stereocenters. The first-order chi connectivity index (χ1) is 16.4. The molecular weight excluding hydrogens is 496 g/mol. The molecule has 2 saturated heterocycles. The third-order valence-electron chi connectivity index (χ3n) is 7.24. The lowest BCUT2D eigenvalue weighted by atomic mass is 9.88. The Kier molecular flexibility index (Phi) is 5.18. The van der Waals surface area contributed by atoms with E-state index in [9.17, 15) is 9.59 Å². The van der Waals surface area contributed by atoms with E-state index in [1.807, 2.05) is 26.0 Å². The summed E-state index contributed by atoms with van der Waals surface area (Å²) in [6.07, 6.45) is 0.516. The third kappa shape index (κ3) is 3.26. The SMILES string of the molecule is CC(C)N1C(=O)C2Cc3c([nH]c4ccc(Br)cc34)C(c3ccc(N4CCOCC4)cc3)N2C1=O. The number of fused-ring (bicyclic) bond motifs is 4. The maximum atomic E-state index is 13.6. The van der Waals surface area contributed by atoms with E-state index in [1.165, 1.54) is 4.90 Å². The number of H-pyrrole nitrogens is 1. The molecule has 34 heavy (non-hydrogen) atoms. The van der Waals surface area contributed by atoms with E-state index in [1.54, 1.807) is 4.90 Å². The van der Waals surface area contributed by atoms with Gasteiger partial charge in [-0.25, -0.2) is 4.79 Å². The monoisotopic (exact) mass is 522 g/mol. The molecule has 2 fully saturated rings. The number of rotatable bonds is 3. The van der Waals surface area contributed by atoms with Crippen LogP contribution in [0.3, 0.4) is 0 Å². The number of hydrogen-bond donors (Lipinski definition) is 1. The van der Waals surface area contributed by atoms with Crippen molar-refractivity contribution in [3.8, 4) is 0 Å². The van der Waals surface area contributed by atoms with Gasteiger partial charge < -0.3 is 14.6 Å². The van der Waals surface area contributed by atoms with Crippen LogP contribution in [0.25, 0.3) is 10.9 Å². The van der Waals surface area contributed by atoms with Gasteiger partial charge in [0.2, 0.25) is 0 Å². The van der Waals surface area contributed by atoms with E-state index in [2.05, 4.69) is 56.1 Å². The lowest BCUT2D eigenvalue weighted by Gasteiger charge is -2.36. The van der Waals surface area contributed by atoms with Gasteiger partial charge in [0.25, 0.3) is 5.91 Å². The zero-order chi connectivity index (χ0) is 23.6. The number of aromatic nitrogens is 1. The number of ether oxygens (including phenoxy) is 1. The smallest absolute Gasteiger partial charge is 0.328 e. The number of benzene rings is 2. The fourth-order valence-corrected chi connectivity index (χ4v) is 5.99. The second kappa shape index (κ2) is 8.13. The molecule has 6 rings (SSSR count). The van der Waals surface area contributed by atoms with E-state index in [0.717, 1.165) is 64.2 Å². The van der Waals surface area contributed by atoms with Crippen LogP contribution in [0.15, 0.2) is 46.9 Å². The van der Waals surface area contributed by atoms with E-state index < -0.39 is 6.04 Å². The third-order valence-corrected chi connectivity index (χ3v) is 7.73. The maximum absolute atomic E-state index is 13.6. The van der Waals surface area contributed by atoms with Crippen LogP contribution in [0.5, 0.6) is 0 Å². The number of hydrogen-bond acceptors (Lipinski definition) is 4. The zero-order valence-electron chi connectivity index (χ0n) is 19.3. The van der Waals surface area contributed by atoms with E-state index in [-0.39, 0.29) is 24.0 Å². The molecule has 2 aromatic carbocycles. The number of carbonyl (C=O) groups excluding carboxylic acids is 2. The first-order valence-corrected chi connectivity index (χ1v) is 12.6. The fourth-order valence-electron chi connectivity index (χ4n) is 5.63. The van der Waals surface area contributed by atoms with Gasteiger partial charge in [-0.05, 0) is 55.3 Å². The molecule has 3 aliphatic heterocycles. The number of aromatic amines is 1. The molecule has 7 nitrogen and oxygen atoms in total. The molecule has 3 aromatic rings.